The molecule has 3 N–H and O–H groups in total. The molecule has 0 aromatic carbocycles. The lowest BCUT2D eigenvalue weighted by Crippen LogP contribution is -2.47. The molecule has 4 nitrogen and oxygen atoms in total. The van der Waals surface area contributed by atoms with Crippen LogP contribution in [0.25, 0.3) is 0 Å². The molecular formula is C10H19N3O. The van der Waals surface area contributed by atoms with E-state index < -0.39 is 0 Å². The molecule has 80 valence electrons. The van der Waals surface area contributed by atoms with Gasteiger partial charge >= 0.3 is 0 Å². The summed E-state index contributed by atoms with van der Waals surface area (Å²) >= 11 is 0. The van der Waals surface area contributed by atoms with Crippen LogP contribution in [0.4, 0.5) is 0 Å². The Balaban J connectivity index is 1.84. The van der Waals surface area contributed by atoms with Gasteiger partial charge in [0.1, 0.15) is 0 Å². The van der Waals surface area contributed by atoms with Gasteiger partial charge in [-0.1, -0.05) is 0 Å². The fourth-order valence-corrected chi connectivity index (χ4v) is 2.17. The number of hydrogen-bond acceptors (Lipinski definition) is 3. The monoisotopic (exact) mass is 197 g/mol. The van der Waals surface area contributed by atoms with E-state index in [0.717, 1.165) is 26.1 Å². The molecule has 2 fully saturated rings. The first-order valence-corrected chi connectivity index (χ1v) is 5.44. The summed E-state index contributed by atoms with van der Waals surface area (Å²) in [5.74, 6) is 0.850. The van der Waals surface area contributed by atoms with Crippen molar-refractivity contribution in [2.75, 3.05) is 19.6 Å². The molecule has 2 aliphatic heterocycles. The van der Waals surface area contributed by atoms with Gasteiger partial charge in [-0.05, 0) is 32.4 Å². The summed E-state index contributed by atoms with van der Waals surface area (Å²) < 4.78 is 0. The first kappa shape index (κ1) is 9.93. The summed E-state index contributed by atoms with van der Waals surface area (Å²) in [5.41, 5.74) is 5.88. The molecule has 2 unspecified atom stereocenters. The number of hydrogen-bond donors (Lipinski definition) is 2. The molecular weight excluding hydrogens is 178 g/mol. The molecule has 4 heteroatoms. The third-order valence-corrected chi connectivity index (χ3v) is 3.46. The van der Waals surface area contributed by atoms with E-state index in [1.165, 1.54) is 0 Å². The van der Waals surface area contributed by atoms with Gasteiger partial charge < -0.3 is 16.0 Å². The summed E-state index contributed by atoms with van der Waals surface area (Å²) in [4.78, 5) is 13.8. The molecule has 0 spiro atoms. The molecule has 2 saturated heterocycles. The van der Waals surface area contributed by atoms with Crippen LogP contribution in [0.15, 0.2) is 0 Å². The van der Waals surface area contributed by atoms with E-state index in [1.54, 1.807) is 0 Å². The van der Waals surface area contributed by atoms with Crippen LogP contribution in [-0.4, -0.2) is 42.5 Å². The van der Waals surface area contributed by atoms with Gasteiger partial charge in [0, 0.05) is 25.0 Å². The van der Waals surface area contributed by atoms with Crippen molar-refractivity contribution in [1.82, 2.24) is 10.2 Å². The van der Waals surface area contributed by atoms with E-state index in [2.05, 4.69) is 12.2 Å². The maximum atomic E-state index is 11.8. The smallest absolute Gasteiger partial charge is 0.223 e. The van der Waals surface area contributed by atoms with Crippen LogP contribution in [-0.2, 0) is 4.79 Å². The van der Waals surface area contributed by atoms with Gasteiger partial charge in [-0.2, -0.15) is 0 Å². The first-order chi connectivity index (χ1) is 6.68. The van der Waals surface area contributed by atoms with Gasteiger partial charge in [-0.3, -0.25) is 4.79 Å². The number of rotatable bonds is 2. The minimum Gasteiger partial charge on any atom is -0.338 e. The fraction of sp³-hybridized carbons (Fsp3) is 0.900. The molecule has 2 aliphatic rings. The molecule has 0 bridgehead atoms. The summed E-state index contributed by atoms with van der Waals surface area (Å²) in [6, 6.07) is 0.411. The first-order valence-electron chi connectivity index (χ1n) is 5.44. The Bertz CT molecular complexity index is 227. The minimum atomic E-state index is 0.179. The molecule has 0 radical (unpaired) electrons. The highest BCUT2D eigenvalue weighted by Crippen LogP contribution is 2.19. The number of carbonyl (C=O) groups is 1. The fourth-order valence-electron chi connectivity index (χ4n) is 2.17. The van der Waals surface area contributed by atoms with Crippen molar-refractivity contribution >= 4 is 5.91 Å². The van der Waals surface area contributed by atoms with Gasteiger partial charge in [-0.15, -0.1) is 0 Å². The molecule has 2 atom stereocenters. The lowest BCUT2D eigenvalue weighted by Gasteiger charge is -2.30. The number of nitrogens with zero attached hydrogens (tertiary/aromatic N) is 1. The average Bonchev–Trinajstić information content (AvgIpc) is 2.41. The molecule has 0 saturated carbocycles. The predicted molar refractivity (Wildman–Crippen MR) is 54.7 cm³/mol. The van der Waals surface area contributed by atoms with E-state index in [4.69, 9.17) is 5.73 Å². The second-order valence-electron chi connectivity index (χ2n) is 4.51. The Morgan fingerprint density at radius 3 is 2.71 bits per heavy atom. The second-order valence-corrected chi connectivity index (χ2v) is 4.51. The van der Waals surface area contributed by atoms with Crippen molar-refractivity contribution in [1.29, 1.82) is 0 Å². The van der Waals surface area contributed by atoms with Gasteiger partial charge in [0.2, 0.25) is 5.91 Å². The largest absolute Gasteiger partial charge is 0.338 e. The van der Waals surface area contributed by atoms with E-state index in [9.17, 15) is 4.79 Å². The topological polar surface area (TPSA) is 58.4 Å². The van der Waals surface area contributed by atoms with E-state index in [1.807, 2.05) is 4.90 Å². The number of nitrogens with two attached hydrogens (primary N) is 1. The zero-order chi connectivity index (χ0) is 10.1. The molecule has 2 heterocycles. The Hall–Kier alpha value is -0.610. The van der Waals surface area contributed by atoms with Crippen LogP contribution in [0, 0.1) is 5.92 Å². The number of likely N-dealkylation sites (tertiary alicyclic amines) is 1. The molecule has 14 heavy (non-hydrogen) atoms. The number of nitrogens with one attached hydrogen (secondary N) is 1. The average molecular weight is 197 g/mol. The maximum absolute atomic E-state index is 11.8. The van der Waals surface area contributed by atoms with Gasteiger partial charge in [-0.25, -0.2) is 0 Å². The zero-order valence-electron chi connectivity index (χ0n) is 8.70. The van der Waals surface area contributed by atoms with Gasteiger partial charge in [0.15, 0.2) is 0 Å². The van der Waals surface area contributed by atoms with E-state index in [-0.39, 0.29) is 18.0 Å². The second kappa shape index (κ2) is 3.87. The van der Waals surface area contributed by atoms with E-state index in [0.29, 0.717) is 12.3 Å². The van der Waals surface area contributed by atoms with Crippen molar-refractivity contribution in [2.45, 2.75) is 31.8 Å². The summed E-state index contributed by atoms with van der Waals surface area (Å²) in [6.07, 6.45) is 1.65. The van der Waals surface area contributed by atoms with Crippen molar-refractivity contribution < 1.29 is 4.79 Å². The number of amides is 1. The lowest BCUT2D eigenvalue weighted by atomic mass is 9.98. The van der Waals surface area contributed by atoms with Crippen LogP contribution in [0.2, 0.25) is 0 Å². The van der Waals surface area contributed by atoms with Gasteiger partial charge in [0.05, 0.1) is 0 Å². The Morgan fingerprint density at radius 1 is 1.57 bits per heavy atom. The van der Waals surface area contributed by atoms with E-state index >= 15 is 0 Å². The van der Waals surface area contributed by atoms with Crippen LogP contribution in [0.5, 0.6) is 0 Å². The van der Waals surface area contributed by atoms with Crippen LogP contribution < -0.4 is 11.1 Å². The Labute approximate surface area is 84.8 Å². The third kappa shape index (κ3) is 1.77. The van der Waals surface area contributed by atoms with Crippen LogP contribution >= 0.6 is 0 Å². The third-order valence-electron chi connectivity index (χ3n) is 3.46. The molecule has 0 aromatic heterocycles. The summed E-state index contributed by atoms with van der Waals surface area (Å²) in [6.45, 7) is 4.90. The molecule has 2 rings (SSSR count). The number of carbonyl (C=O) groups excluding carboxylic acids is 1. The van der Waals surface area contributed by atoms with Crippen LogP contribution in [0.3, 0.4) is 0 Å². The summed E-state index contributed by atoms with van der Waals surface area (Å²) in [5, 5.41) is 3.18. The highest BCUT2D eigenvalue weighted by atomic mass is 16.2. The lowest BCUT2D eigenvalue weighted by molar-refractivity contribution is -0.133. The van der Waals surface area contributed by atoms with Crippen molar-refractivity contribution in [3.63, 3.8) is 0 Å². The van der Waals surface area contributed by atoms with Crippen LogP contribution in [0.1, 0.15) is 19.8 Å². The van der Waals surface area contributed by atoms with Gasteiger partial charge in [0.25, 0.3) is 0 Å². The SMILES string of the molecule is CC1C(N)CCN1C(=O)CC1CNC1. The Morgan fingerprint density at radius 2 is 2.29 bits per heavy atom. The highest BCUT2D eigenvalue weighted by molar-refractivity contribution is 5.77. The summed E-state index contributed by atoms with van der Waals surface area (Å²) in [7, 11) is 0. The highest BCUT2D eigenvalue weighted by Gasteiger charge is 2.32. The normalized spacial score (nSPS) is 33.1. The van der Waals surface area contributed by atoms with Crippen molar-refractivity contribution in [2.24, 2.45) is 11.7 Å². The molecule has 1 amide bonds. The Kier molecular flexibility index (Phi) is 2.74. The standard InChI is InChI=1S/C10H19N3O/c1-7-9(11)2-3-13(7)10(14)4-8-5-12-6-8/h7-9,12H,2-6,11H2,1H3. The van der Waals surface area contributed by atoms with Crippen molar-refractivity contribution in [3.8, 4) is 0 Å². The quantitative estimate of drug-likeness (QED) is 0.630. The zero-order valence-corrected chi connectivity index (χ0v) is 8.70. The molecule has 0 aliphatic carbocycles. The minimum absolute atomic E-state index is 0.179. The maximum Gasteiger partial charge on any atom is 0.223 e. The predicted octanol–water partition coefficient (Wildman–Crippen LogP) is -0.456. The van der Waals surface area contributed by atoms with Crippen molar-refractivity contribution in [3.05, 3.63) is 0 Å². The molecule has 0 aromatic rings.